The molecular formula is C15H11N3O3. The maximum absolute atomic E-state index is 11.0. The summed E-state index contributed by atoms with van der Waals surface area (Å²) in [5, 5.41) is 16.9. The van der Waals surface area contributed by atoms with E-state index in [1.807, 2.05) is 13.0 Å². The van der Waals surface area contributed by atoms with E-state index in [-0.39, 0.29) is 11.5 Å². The Kier molecular flexibility index (Phi) is 3.19. The zero-order valence-electron chi connectivity index (χ0n) is 11.1. The van der Waals surface area contributed by atoms with Gasteiger partial charge in [0.05, 0.1) is 5.56 Å². The molecule has 0 aliphatic carbocycles. The zero-order valence-corrected chi connectivity index (χ0v) is 11.1. The van der Waals surface area contributed by atoms with E-state index in [4.69, 9.17) is 9.52 Å². The van der Waals surface area contributed by atoms with Gasteiger partial charge in [-0.15, -0.1) is 10.2 Å². The largest absolute Gasteiger partial charge is 0.478 e. The van der Waals surface area contributed by atoms with Crippen LogP contribution in [0.5, 0.6) is 0 Å². The van der Waals surface area contributed by atoms with Gasteiger partial charge in [-0.05, 0) is 37.3 Å². The minimum Gasteiger partial charge on any atom is -0.478 e. The minimum absolute atomic E-state index is 0.173. The summed E-state index contributed by atoms with van der Waals surface area (Å²) < 4.78 is 5.60. The summed E-state index contributed by atoms with van der Waals surface area (Å²) in [4.78, 5) is 15.1. The van der Waals surface area contributed by atoms with Gasteiger partial charge in [0.1, 0.15) is 0 Å². The standard InChI is InChI=1S/C15H11N3O3/c1-9-7-11(5-6-16-9)14-18-17-13(21-14)10-3-2-4-12(8-10)15(19)20/h2-8H,1H3,(H,19,20). The molecule has 0 aliphatic heterocycles. The van der Waals surface area contributed by atoms with Crippen LogP contribution in [-0.4, -0.2) is 26.3 Å². The number of hydrogen-bond acceptors (Lipinski definition) is 5. The van der Waals surface area contributed by atoms with Crippen LogP contribution in [0.3, 0.4) is 0 Å². The molecule has 0 saturated carbocycles. The summed E-state index contributed by atoms with van der Waals surface area (Å²) >= 11 is 0. The number of aryl methyl sites for hydroxylation is 1. The van der Waals surface area contributed by atoms with Crippen LogP contribution in [0, 0.1) is 6.92 Å². The van der Waals surface area contributed by atoms with Gasteiger partial charge in [-0.2, -0.15) is 0 Å². The Morgan fingerprint density at radius 2 is 1.81 bits per heavy atom. The molecular weight excluding hydrogens is 270 g/mol. The molecule has 0 aliphatic rings. The molecule has 0 atom stereocenters. The van der Waals surface area contributed by atoms with E-state index in [1.54, 1.807) is 24.4 Å². The number of hydrogen-bond donors (Lipinski definition) is 1. The smallest absolute Gasteiger partial charge is 0.335 e. The van der Waals surface area contributed by atoms with Crippen LogP contribution < -0.4 is 0 Å². The van der Waals surface area contributed by atoms with Gasteiger partial charge in [-0.1, -0.05) is 6.07 Å². The van der Waals surface area contributed by atoms with Crippen LogP contribution in [-0.2, 0) is 0 Å². The van der Waals surface area contributed by atoms with Crippen molar-refractivity contribution in [1.29, 1.82) is 0 Å². The average molecular weight is 281 g/mol. The Bertz CT molecular complexity index is 811. The van der Waals surface area contributed by atoms with Gasteiger partial charge in [-0.3, -0.25) is 4.98 Å². The fourth-order valence-electron chi connectivity index (χ4n) is 1.92. The van der Waals surface area contributed by atoms with Crippen molar-refractivity contribution in [3.8, 4) is 22.9 Å². The van der Waals surface area contributed by atoms with Gasteiger partial charge in [0.25, 0.3) is 0 Å². The summed E-state index contributed by atoms with van der Waals surface area (Å²) in [5.74, 6) is -0.347. The topological polar surface area (TPSA) is 89.1 Å². The van der Waals surface area contributed by atoms with Crippen molar-refractivity contribution >= 4 is 5.97 Å². The summed E-state index contributed by atoms with van der Waals surface area (Å²) in [6.07, 6.45) is 1.67. The number of nitrogens with zero attached hydrogens (tertiary/aromatic N) is 3. The van der Waals surface area contributed by atoms with Gasteiger partial charge < -0.3 is 9.52 Å². The molecule has 104 valence electrons. The van der Waals surface area contributed by atoms with Gasteiger partial charge >= 0.3 is 5.97 Å². The molecule has 6 nitrogen and oxygen atoms in total. The lowest BCUT2D eigenvalue weighted by Crippen LogP contribution is -1.95. The molecule has 0 unspecified atom stereocenters. The lowest BCUT2D eigenvalue weighted by Gasteiger charge is -1.98. The van der Waals surface area contributed by atoms with Crippen LogP contribution in [0.25, 0.3) is 22.9 Å². The molecule has 1 N–H and O–H groups in total. The second-order valence-corrected chi connectivity index (χ2v) is 4.48. The highest BCUT2D eigenvalue weighted by Crippen LogP contribution is 2.24. The molecule has 0 saturated heterocycles. The van der Waals surface area contributed by atoms with Gasteiger partial charge in [0, 0.05) is 23.0 Å². The van der Waals surface area contributed by atoms with Crippen molar-refractivity contribution in [1.82, 2.24) is 15.2 Å². The normalized spacial score (nSPS) is 10.5. The fraction of sp³-hybridized carbons (Fsp3) is 0.0667. The first-order valence-corrected chi connectivity index (χ1v) is 6.24. The highest BCUT2D eigenvalue weighted by molar-refractivity contribution is 5.88. The third kappa shape index (κ3) is 2.64. The van der Waals surface area contributed by atoms with Crippen LogP contribution in [0.4, 0.5) is 0 Å². The highest BCUT2D eigenvalue weighted by Gasteiger charge is 2.12. The van der Waals surface area contributed by atoms with Crippen molar-refractivity contribution in [3.63, 3.8) is 0 Å². The maximum Gasteiger partial charge on any atom is 0.335 e. The molecule has 0 bridgehead atoms. The minimum atomic E-state index is -0.999. The number of carboxylic acid groups (broad SMARTS) is 1. The van der Waals surface area contributed by atoms with Crippen molar-refractivity contribution in [2.24, 2.45) is 0 Å². The van der Waals surface area contributed by atoms with E-state index in [1.165, 1.54) is 12.1 Å². The van der Waals surface area contributed by atoms with Crippen molar-refractivity contribution in [3.05, 3.63) is 53.9 Å². The monoisotopic (exact) mass is 281 g/mol. The zero-order chi connectivity index (χ0) is 14.8. The number of carbonyl (C=O) groups is 1. The quantitative estimate of drug-likeness (QED) is 0.794. The number of pyridine rings is 1. The fourth-order valence-corrected chi connectivity index (χ4v) is 1.92. The third-order valence-corrected chi connectivity index (χ3v) is 2.93. The maximum atomic E-state index is 11.0. The molecule has 3 rings (SSSR count). The van der Waals surface area contributed by atoms with Gasteiger partial charge in [0.15, 0.2) is 0 Å². The summed E-state index contributed by atoms with van der Waals surface area (Å²) in [6.45, 7) is 1.87. The molecule has 2 aromatic heterocycles. The van der Waals surface area contributed by atoms with Crippen molar-refractivity contribution in [2.45, 2.75) is 6.92 Å². The van der Waals surface area contributed by atoms with E-state index in [0.717, 1.165) is 11.3 Å². The predicted molar refractivity (Wildman–Crippen MR) is 74.7 cm³/mol. The summed E-state index contributed by atoms with van der Waals surface area (Å²) in [6, 6.07) is 9.98. The summed E-state index contributed by atoms with van der Waals surface area (Å²) in [5.41, 5.74) is 2.36. The molecule has 2 heterocycles. The molecule has 0 amide bonds. The predicted octanol–water partition coefficient (Wildman–Crippen LogP) is 2.81. The van der Waals surface area contributed by atoms with E-state index in [2.05, 4.69) is 15.2 Å². The number of carboxylic acids is 1. The first-order valence-electron chi connectivity index (χ1n) is 6.24. The lowest BCUT2D eigenvalue weighted by atomic mass is 10.1. The number of aromatic nitrogens is 3. The van der Waals surface area contributed by atoms with Crippen LogP contribution in [0.1, 0.15) is 16.1 Å². The van der Waals surface area contributed by atoms with Crippen molar-refractivity contribution in [2.75, 3.05) is 0 Å². The molecule has 6 heteroatoms. The Hall–Kier alpha value is -3.02. The Morgan fingerprint density at radius 1 is 1.10 bits per heavy atom. The second kappa shape index (κ2) is 5.16. The molecule has 3 aromatic rings. The molecule has 1 aromatic carbocycles. The number of rotatable bonds is 3. The second-order valence-electron chi connectivity index (χ2n) is 4.48. The molecule has 21 heavy (non-hydrogen) atoms. The van der Waals surface area contributed by atoms with E-state index < -0.39 is 5.97 Å². The van der Waals surface area contributed by atoms with E-state index in [9.17, 15) is 4.79 Å². The summed E-state index contributed by atoms with van der Waals surface area (Å²) in [7, 11) is 0. The SMILES string of the molecule is Cc1cc(-c2nnc(-c3cccc(C(=O)O)c3)o2)ccn1. The number of aromatic carboxylic acids is 1. The van der Waals surface area contributed by atoms with E-state index in [0.29, 0.717) is 11.5 Å². The Labute approximate surface area is 120 Å². The molecule has 0 radical (unpaired) electrons. The van der Waals surface area contributed by atoms with Gasteiger partial charge in [-0.25, -0.2) is 4.79 Å². The van der Waals surface area contributed by atoms with Crippen LogP contribution in [0.15, 0.2) is 47.0 Å². The van der Waals surface area contributed by atoms with Crippen LogP contribution in [0.2, 0.25) is 0 Å². The van der Waals surface area contributed by atoms with E-state index >= 15 is 0 Å². The highest BCUT2D eigenvalue weighted by atomic mass is 16.4. The third-order valence-electron chi connectivity index (χ3n) is 2.93. The average Bonchev–Trinajstić information content (AvgIpc) is 2.97. The first kappa shape index (κ1) is 13.0. The van der Waals surface area contributed by atoms with Gasteiger partial charge in [0.2, 0.25) is 11.8 Å². The Morgan fingerprint density at radius 3 is 2.48 bits per heavy atom. The van der Waals surface area contributed by atoms with Crippen LogP contribution >= 0.6 is 0 Å². The first-order chi connectivity index (χ1) is 10.1. The number of benzene rings is 1. The molecule has 0 spiro atoms. The van der Waals surface area contributed by atoms with Crippen molar-refractivity contribution < 1.29 is 14.3 Å². The lowest BCUT2D eigenvalue weighted by molar-refractivity contribution is 0.0697. The molecule has 0 fully saturated rings. The Balaban J connectivity index is 1.98.